The summed E-state index contributed by atoms with van der Waals surface area (Å²) in [4.78, 5) is 2.38. The molecule has 1 fully saturated rings. The van der Waals surface area contributed by atoms with E-state index in [1.165, 1.54) is 18.8 Å². The Morgan fingerprint density at radius 2 is 1.85 bits per heavy atom. The lowest BCUT2D eigenvalue weighted by molar-refractivity contribution is 0.414. The van der Waals surface area contributed by atoms with Gasteiger partial charge in [0.2, 0.25) is 0 Å². The fraction of sp³-hybridized carbons (Fsp3) is 0.455. The highest BCUT2D eigenvalue weighted by Gasteiger charge is 2.22. The SMILES string of the molecule is COc1ccc(N2CC(C)C2)cc1. The van der Waals surface area contributed by atoms with E-state index in [0.717, 1.165) is 11.7 Å². The minimum Gasteiger partial charge on any atom is -0.497 e. The Hall–Kier alpha value is -1.18. The molecule has 0 aromatic heterocycles. The highest BCUT2D eigenvalue weighted by Crippen LogP contribution is 2.25. The van der Waals surface area contributed by atoms with Crippen molar-refractivity contribution in [3.05, 3.63) is 24.3 Å². The zero-order valence-electron chi connectivity index (χ0n) is 8.16. The van der Waals surface area contributed by atoms with Crippen molar-refractivity contribution in [1.82, 2.24) is 0 Å². The molecule has 0 N–H and O–H groups in total. The molecular formula is C11H15NO. The van der Waals surface area contributed by atoms with E-state index in [4.69, 9.17) is 4.74 Å². The van der Waals surface area contributed by atoms with Crippen LogP contribution in [0.3, 0.4) is 0 Å². The second-order valence-electron chi connectivity index (χ2n) is 3.71. The predicted octanol–water partition coefficient (Wildman–Crippen LogP) is 2.15. The summed E-state index contributed by atoms with van der Waals surface area (Å²) < 4.78 is 5.10. The molecule has 1 aromatic rings. The van der Waals surface area contributed by atoms with Gasteiger partial charge in [0.25, 0.3) is 0 Å². The van der Waals surface area contributed by atoms with Gasteiger partial charge >= 0.3 is 0 Å². The third-order valence-electron chi connectivity index (χ3n) is 2.50. The molecule has 0 aliphatic carbocycles. The van der Waals surface area contributed by atoms with Crippen LogP contribution in [-0.2, 0) is 0 Å². The van der Waals surface area contributed by atoms with E-state index in [-0.39, 0.29) is 0 Å². The number of benzene rings is 1. The molecule has 0 unspecified atom stereocenters. The lowest BCUT2D eigenvalue weighted by atomic mass is 10.0. The Balaban J connectivity index is 2.06. The Bertz CT molecular complexity index is 275. The van der Waals surface area contributed by atoms with Gasteiger partial charge in [0, 0.05) is 18.8 Å². The van der Waals surface area contributed by atoms with Crippen LogP contribution >= 0.6 is 0 Å². The molecule has 13 heavy (non-hydrogen) atoms. The van der Waals surface area contributed by atoms with Crippen LogP contribution in [0.25, 0.3) is 0 Å². The molecule has 70 valence electrons. The zero-order chi connectivity index (χ0) is 9.26. The molecule has 0 amide bonds. The maximum atomic E-state index is 5.10. The molecule has 0 atom stereocenters. The standard InChI is InChI=1S/C11H15NO/c1-9-7-12(8-9)10-3-5-11(13-2)6-4-10/h3-6,9H,7-8H2,1-2H3. The van der Waals surface area contributed by atoms with Gasteiger partial charge in [0.1, 0.15) is 5.75 Å². The van der Waals surface area contributed by atoms with E-state index < -0.39 is 0 Å². The average molecular weight is 177 g/mol. The first kappa shape index (κ1) is 8.42. The van der Waals surface area contributed by atoms with Gasteiger partial charge in [0.15, 0.2) is 0 Å². The highest BCUT2D eigenvalue weighted by atomic mass is 16.5. The van der Waals surface area contributed by atoms with Gasteiger partial charge in [-0.2, -0.15) is 0 Å². The summed E-state index contributed by atoms with van der Waals surface area (Å²) in [5, 5.41) is 0. The quantitative estimate of drug-likeness (QED) is 0.686. The summed E-state index contributed by atoms with van der Waals surface area (Å²) in [7, 11) is 1.70. The lowest BCUT2D eigenvalue weighted by Crippen LogP contribution is -2.45. The molecule has 0 spiro atoms. The molecule has 2 rings (SSSR count). The third kappa shape index (κ3) is 1.62. The van der Waals surface area contributed by atoms with Gasteiger partial charge in [-0.3, -0.25) is 0 Å². The van der Waals surface area contributed by atoms with Crippen LogP contribution < -0.4 is 9.64 Å². The first-order valence-electron chi connectivity index (χ1n) is 4.68. The summed E-state index contributed by atoms with van der Waals surface area (Å²) in [5.74, 6) is 1.78. The van der Waals surface area contributed by atoms with Crippen LogP contribution in [0.2, 0.25) is 0 Å². The van der Waals surface area contributed by atoms with Crippen LogP contribution in [0.4, 0.5) is 5.69 Å². The van der Waals surface area contributed by atoms with E-state index in [1.807, 2.05) is 12.1 Å². The van der Waals surface area contributed by atoms with E-state index in [9.17, 15) is 0 Å². The molecule has 2 heteroatoms. The first-order chi connectivity index (χ1) is 6.29. The predicted molar refractivity (Wildman–Crippen MR) is 54.4 cm³/mol. The van der Waals surface area contributed by atoms with E-state index >= 15 is 0 Å². The van der Waals surface area contributed by atoms with E-state index in [0.29, 0.717) is 0 Å². The zero-order valence-corrected chi connectivity index (χ0v) is 8.16. The van der Waals surface area contributed by atoms with E-state index in [2.05, 4.69) is 24.0 Å². The Labute approximate surface area is 79.1 Å². The number of ether oxygens (including phenoxy) is 1. The van der Waals surface area contributed by atoms with Gasteiger partial charge in [0.05, 0.1) is 7.11 Å². The molecule has 1 aliphatic heterocycles. The second-order valence-corrected chi connectivity index (χ2v) is 3.71. The summed E-state index contributed by atoms with van der Waals surface area (Å²) in [6, 6.07) is 8.26. The lowest BCUT2D eigenvalue weighted by Gasteiger charge is -2.39. The van der Waals surface area contributed by atoms with Crippen molar-refractivity contribution >= 4 is 5.69 Å². The smallest absolute Gasteiger partial charge is 0.119 e. The van der Waals surface area contributed by atoms with Crippen LogP contribution in [0.5, 0.6) is 5.75 Å². The van der Waals surface area contributed by atoms with Crippen molar-refractivity contribution in [3.63, 3.8) is 0 Å². The van der Waals surface area contributed by atoms with Crippen molar-refractivity contribution < 1.29 is 4.74 Å². The summed E-state index contributed by atoms with van der Waals surface area (Å²) in [6.45, 7) is 4.65. The minimum atomic E-state index is 0.849. The maximum absolute atomic E-state index is 5.10. The summed E-state index contributed by atoms with van der Waals surface area (Å²) >= 11 is 0. The number of rotatable bonds is 2. The molecule has 2 nitrogen and oxygen atoms in total. The number of nitrogens with zero attached hydrogens (tertiary/aromatic N) is 1. The van der Waals surface area contributed by atoms with Crippen molar-refractivity contribution in [2.24, 2.45) is 5.92 Å². The second kappa shape index (κ2) is 3.29. The molecular weight excluding hydrogens is 162 g/mol. The largest absolute Gasteiger partial charge is 0.497 e. The average Bonchev–Trinajstić information content (AvgIpc) is 2.13. The molecule has 1 aliphatic rings. The first-order valence-corrected chi connectivity index (χ1v) is 4.68. The number of hydrogen-bond acceptors (Lipinski definition) is 2. The number of methoxy groups -OCH3 is 1. The Morgan fingerprint density at radius 3 is 2.31 bits per heavy atom. The monoisotopic (exact) mass is 177 g/mol. The van der Waals surface area contributed by atoms with Crippen LogP contribution in [-0.4, -0.2) is 20.2 Å². The van der Waals surface area contributed by atoms with Gasteiger partial charge in [-0.1, -0.05) is 6.92 Å². The van der Waals surface area contributed by atoms with Crippen LogP contribution in [0.1, 0.15) is 6.92 Å². The number of anilines is 1. The van der Waals surface area contributed by atoms with Crippen LogP contribution in [0, 0.1) is 5.92 Å². The van der Waals surface area contributed by atoms with E-state index in [1.54, 1.807) is 7.11 Å². The van der Waals surface area contributed by atoms with Gasteiger partial charge in [-0.25, -0.2) is 0 Å². The highest BCUT2D eigenvalue weighted by molar-refractivity contribution is 5.50. The minimum absolute atomic E-state index is 0.849. The molecule has 0 radical (unpaired) electrons. The van der Waals surface area contributed by atoms with Gasteiger partial charge < -0.3 is 9.64 Å². The summed E-state index contributed by atoms with van der Waals surface area (Å²) in [5.41, 5.74) is 1.30. The molecule has 0 saturated carbocycles. The van der Waals surface area contributed by atoms with Crippen molar-refractivity contribution in [1.29, 1.82) is 0 Å². The molecule has 0 bridgehead atoms. The van der Waals surface area contributed by atoms with Crippen molar-refractivity contribution in [2.45, 2.75) is 6.92 Å². The fourth-order valence-electron chi connectivity index (χ4n) is 1.70. The Kier molecular flexibility index (Phi) is 2.13. The maximum Gasteiger partial charge on any atom is 0.119 e. The Morgan fingerprint density at radius 1 is 1.23 bits per heavy atom. The van der Waals surface area contributed by atoms with Crippen molar-refractivity contribution in [3.8, 4) is 5.75 Å². The van der Waals surface area contributed by atoms with Crippen LogP contribution in [0.15, 0.2) is 24.3 Å². The van der Waals surface area contributed by atoms with Gasteiger partial charge in [-0.05, 0) is 30.2 Å². The summed E-state index contributed by atoms with van der Waals surface area (Å²) in [6.07, 6.45) is 0. The van der Waals surface area contributed by atoms with Gasteiger partial charge in [-0.15, -0.1) is 0 Å². The topological polar surface area (TPSA) is 12.5 Å². The number of hydrogen-bond donors (Lipinski definition) is 0. The van der Waals surface area contributed by atoms with Crippen molar-refractivity contribution in [2.75, 3.05) is 25.1 Å². The molecule has 1 saturated heterocycles. The molecule has 1 heterocycles. The normalized spacial score (nSPS) is 16.9. The fourth-order valence-corrected chi connectivity index (χ4v) is 1.70. The molecule has 1 aromatic carbocycles. The third-order valence-corrected chi connectivity index (χ3v) is 2.50.